The third-order valence-electron chi connectivity index (χ3n) is 4.99. The van der Waals surface area contributed by atoms with E-state index in [4.69, 9.17) is 12.2 Å². The Morgan fingerprint density at radius 3 is 2.56 bits per heavy atom. The maximum atomic E-state index is 12.2. The van der Waals surface area contributed by atoms with Crippen molar-refractivity contribution in [1.29, 1.82) is 0 Å². The summed E-state index contributed by atoms with van der Waals surface area (Å²) in [6, 6.07) is 6.29. The molecule has 0 aromatic heterocycles. The van der Waals surface area contributed by atoms with E-state index in [0.717, 1.165) is 49.7 Å². The first-order valence-electron chi connectivity index (χ1n) is 9.42. The maximum Gasteiger partial charge on any atom is 0.223 e. The van der Waals surface area contributed by atoms with Gasteiger partial charge in [-0.1, -0.05) is 25.8 Å². The Bertz CT molecular complexity index is 595. The second kappa shape index (κ2) is 9.76. The van der Waals surface area contributed by atoms with E-state index in [1.807, 2.05) is 0 Å². The molecule has 1 aliphatic rings. The molecule has 138 valence electrons. The van der Waals surface area contributed by atoms with E-state index in [0.29, 0.717) is 0 Å². The van der Waals surface area contributed by atoms with Crippen molar-refractivity contribution in [2.75, 3.05) is 25.0 Å². The zero-order valence-corrected chi connectivity index (χ0v) is 16.5. The average molecular weight is 362 g/mol. The van der Waals surface area contributed by atoms with Crippen LogP contribution >= 0.6 is 12.2 Å². The van der Waals surface area contributed by atoms with Gasteiger partial charge >= 0.3 is 0 Å². The first kappa shape index (κ1) is 19.7. The molecule has 1 amide bonds. The van der Waals surface area contributed by atoms with Crippen molar-refractivity contribution in [3.05, 3.63) is 29.3 Å². The van der Waals surface area contributed by atoms with Gasteiger partial charge in [0.05, 0.1) is 0 Å². The minimum Gasteiger partial charge on any atom is -0.356 e. The molecule has 1 aromatic rings. The molecule has 25 heavy (non-hydrogen) atoms. The molecular weight excluding hydrogens is 330 g/mol. The van der Waals surface area contributed by atoms with Gasteiger partial charge in [0, 0.05) is 31.2 Å². The fourth-order valence-electron chi connectivity index (χ4n) is 3.10. The molecule has 1 saturated heterocycles. The number of aryl methyl sites for hydroxylation is 2. The quantitative estimate of drug-likeness (QED) is 0.593. The first-order valence-corrected chi connectivity index (χ1v) is 9.83. The molecule has 0 aliphatic carbocycles. The number of amides is 1. The molecule has 1 fully saturated rings. The van der Waals surface area contributed by atoms with Crippen LogP contribution in [-0.2, 0) is 4.79 Å². The molecule has 1 aliphatic heterocycles. The Labute approximate surface area is 157 Å². The lowest BCUT2D eigenvalue weighted by molar-refractivity contribution is -0.126. The Hall–Kier alpha value is -1.62. The monoisotopic (exact) mass is 361 g/mol. The van der Waals surface area contributed by atoms with Crippen molar-refractivity contribution in [2.24, 2.45) is 5.92 Å². The lowest BCUT2D eigenvalue weighted by Crippen LogP contribution is -2.44. The second-order valence-electron chi connectivity index (χ2n) is 6.99. The molecule has 0 saturated carbocycles. The average Bonchev–Trinajstić information content (AvgIpc) is 2.62. The molecule has 1 heterocycles. The molecule has 4 nitrogen and oxygen atoms in total. The van der Waals surface area contributed by atoms with Gasteiger partial charge in [-0.25, -0.2) is 0 Å². The van der Waals surface area contributed by atoms with Crippen LogP contribution in [0, 0.1) is 19.8 Å². The van der Waals surface area contributed by atoms with Gasteiger partial charge in [0.1, 0.15) is 0 Å². The number of piperidine rings is 1. The van der Waals surface area contributed by atoms with Gasteiger partial charge in [-0.3, -0.25) is 4.79 Å². The van der Waals surface area contributed by atoms with Crippen LogP contribution in [0.5, 0.6) is 0 Å². The van der Waals surface area contributed by atoms with Gasteiger partial charge < -0.3 is 15.5 Å². The largest absolute Gasteiger partial charge is 0.356 e. The van der Waals surface area contributed by atoms with Gasteiger partial charge in [-0.2, -0.15) is 0 Å². The number of nitrogens with one attached hydrogen (secondary N) is 2. The second-order valence-corrected chi connectivity index (χ2v) is 7.38. The van der Waals surface area contributed by atoms with E-state index in [1.54, 1.807) is 0 Å². The third kappa shape index (κ3) is 5.99. The Morgan fingerprint density at radius 1 is 1.20 bits per heavy atom. The number of anilines is 1. The zero-order chi connectivity index (χ0) is 18.2. The van der Waals surface area contributed by atoms with Crippen molar-refractivity contribution in [1.82, 2.24) is 10.2 Å². The normalized spacial score (nSPS) is 15.1. The van der Waals surface area contributed by atoms with Crippen LogP contribution in [0.25, 0.3) is 0 Å². The summed E-state index contributed by atoms with van der Waals surface area (Å²) in [4.78, 5) is 14.4. The number of hydrogen-bond acceptors (Lipinski definition) is 2. The highest BCUT2D eigenvalue weighted by molar-refractivity contribution is 7.80. The predicted molar refractivity (Wildman–Crippen MR) is 109 cm³/mol. The third-order valence-corrected chi connectivity index (χ3v) is 5.35. The standard InChI is InChI=1S/C20H31N3OS/c1-4-5-6-11-21-19(24)17-9-12-23(13-10-17)20(25)22-18-8-7-15(2)16(3)14-18/h7-8,14,17H,4-6,9-13H2,1-3H3,(H,21,24)(H,22,25). The van der Waals surface area contributed by atoms with Crippen LogP contribution in [0.15, 0.2) is 18.2 Å². The van der Waals surface area contributed by atoms with E-state index in [1.165, 1.54) is 24.0 Å². The number of benzene rings is 1. The summed E-state index contributed by atoms with van der Waals surface area (Å²) in [7, 11) is 0. The fourth-order valence-corrected chi connectivity index (χ4v) is 3.40. The molecule has 1 aromatic carbocycles. The molecule has 2 N–H and O–H groups in total. The van der Waals surface area contributed by atoms with Gasteiger partial charge in [0.25, 0.3) is 0 Å². The van der Waals surface area contributed by atoms with E-state index in [-0.39, 0.29) is 11.8 Å². The Balaban J connectivity index is 1.76. The van der Waals surface area contributed by atoms with Crippen LogP contribution in [0.2, 0.25) is 0 Å². The lowest BCUT2D eigenvalue weighted by Gasteiger charge is -2.33. The SMILES string of the molecule is CCCCCNC(=O)C1CCN(C(=S)Nc2ccc(C)c(C)c2)CC1. The van der Waals surface area contributed by atoms with Gasteiger partial charge in [0.15, 0.2) is 5.11 Å². The van der Waals surface area contributed by atoms with Crippen LogP contribution in [0.3, 0.4) is 0 Å². The highest BCUT2D eigenvalue weighted by atomic mass is 32.1. The molecule has 0 bridgehead atoms. The number of likely N-dealkylation sites (tertiary alicyclic amines) is 1. The summed E-state index contributed by atoms with van der Waals surface area (Å²) >= 11 is 5.55. The van der Waals surface area contributed by atoms with Gasteiger partial charge in [-0.05, 0) is 68.6 Å². The molecule has 0 atom stereocenters. The Kier molecular flexibility index (Phi) is 7.69. The smallest absolute Gasteiger partial charge is 0.223 e. The number of carbonyl (C=O) groups excluding carboxylic acids is 1. The fraction of sp³-hybridized carbons (Fsp3) is 0.600. The number of hydrogen-bond donors (Lipinski definition) is 2. The summed E-state index contributed by atoms with van der Waals surface area (Å²) in [6.07, 6.45) is 5.17. The number of rotatable bonds is 6. The molecule has 2 rings (SSSR count). The number of unbranched alkanes of at least 4 members (excludes halogenated alkanes) is 2. The van der Waals surface area contributed by atoms with E-state index in [9.17, 15) is 4.79 Å². The van der Waals surface area contributed by atoms with E-state index in [2.05, 4.69) is 54.5 Å². The van der Waals surface area contributed by atoms with E-state index >= 15 is 0 Å². The van der Waals surface area contributed by atoms with Gasteiger partial charge in [-0.15, -0.1) is 0 Å². The molecular formula is C20H31N3OS. The summed E-state index contributed by atoms with van der Waals surface area (Å²) in [6.45, 7) is 8.86. The van der Waals surface area contributed by atoms with E-state index < -0.39 is 0 Å². The molecule has 5 heteroatoms. The van der Waals surface area contributed by atoms with Crippen LogP contribution in [0.4, 0.5) is 5.69 Å². The zero-order valence-electron chi connectivity index (χ0n) is 15.7. The number of nitrogens with zero attached hydrogens (tertiary/aromatic N) is 1. The first-order chi connectivity index (χ1) is 12.0. The summed E-state index contributed by atoms with van der Waals surface area (Å²) in [5.41, 5.74) is 3.57. The molecule has 0 radical (unpaired) electrons. The van der Waals surface area contributed by atoms with Crippen LogP contribution in [-0.4, -0.2) is 35.6 Å². The van der Waals surface area contributed by atoms with Crippen LogP contribution < -0.4 is 10.6 Å². The van der Waals surface area contributed by atoms with Crippen molar-refractivity contribution >= 4 is 28.9 Å². The van der Waals surface area contributed by atoms with Crippen molar-refractivity contribution in [3.8, 4) is 0 Å². The summed E-state index contributed by atoms with van der Waals surface area (Å²) < 4.78 is 0. The minimum atomic E-state index is 0.127. The van der Waals surface area contributed by atoms with Crippen LogP contribution in [0.1, 0.15) is 50.2 Å². The highest BCUT2D eigenvalue weighted by Gasteiger charge is 2.25. The van der Waals surface area contributed by atoms with Gasteiger partial charge in [0.2, 0.25) is 5.91 Å². The lowest BCUT2D eigenvalue weighted by atomic mass is 9.96. The van der Waals surface area contributed by atoms with Crippen molar-refractivity contribution < 1.29 is 4.79 Å². The highest BCUT2D eigenvalue weighted by Crippen LogP contribution is 2.20. The maximum absolute atomic E-state index is 12.2. The molecule has 0 spiro atoms. The minimum absolute atomic E-state index is 0.127. The predicted octanol–water partition coefficient (Wildman–Crippen LogP) is 4.02. The molecule has 0 unspecified atom stereocenters. The van der Waals surface area contributed by atoms with Crippen molar-refractivity contribution in [2.45, 2.75) is 52.9 Å². The number of carbonyl (C=O) groups is 1. The number of thiocarbonyl (C=S) groups is 1. The summed E-state index contributed by atoms with van der Waals surface area (Å²) in [5.74, 6) is 0.339. The topological polar surface area (TPSA) is 44.4 Å². The summed E-state index contributed by atoms with van der Waals surface area (Å²) in [5, 5.41) is 7.16. The van der Waals surface area contributed by atoms with Crippen molar-refractivity contribution in [3.63, 3.8) is 0 Å². The Morgan fingerprint density at radius 2 is 1.92 bits per heavy atom.